The van der Waals surface area contributed by atoms with Crippen LogP contribution in [0.25, 0.3) is 0 Å². The molecule has 1 aliphatic carbocycles. The van der Waals surface area contributed by atoms with E-state index in [-0.39, 0.29) is 0 Å². The number of anilines is 1. The van der Waals surface area contributed by atoms with Gasteiger partial charge in [0.25, 0.3) is 0 Å². The molecule has 0 spiro atoms. The number of hydrazine groups is 1. The predicted molar refractivity (Wildman–Crippen MR) is 76.1 cm³/mol. The van der Waals surface area contributed by atoms with Gasteiger partial charge in [0.05, 0.1) is 10.7 Å². The van der Waals surface area contributed by atoms with Crippen molar-refractivity contribution in [3.05, 3.63) is 40.0 Å². The van der Waals surface area contributed by atoms with Crippen molar-refractivity contribution in [3.63, 3.8) is 0 Å². The Kier molecular flexibility index (Phi) is 3.35. The van der Waals surface area contributed by atoms with Crippen molar-refractivity contribution in [3.8, 4) is 11.6 Å². The number of nitrogens with one attached hydrogen (secondary N) is 1. The van der Waals surface area contributed by atoms with Gasteiger partial charge in [0, 0.05) is 0 Å². The zero-order valence-corrected chi connectivity index (χ0v) is 11.8. The number of aromatic nitrogens is 2. The summed E-state index contributed by atoms with van der Waals surface area (Å²) in [5.74, 6) is 6.83. The maximum absolute atomic E-state index is 5.78. The number of hydrogen-bond donors (Lipinski definition) is 2. The van der Waals surface area contributed by atoms with Gasteiger partial charge < -0.3 is 4.74 Å². The lowest BCUT2D eigenvalue weighted by Gasteiger charge is -2.09. The summed E-state index contributed by atoms with van der Waals surface area (Å²) in [7, 11) is 0. The molecule has 0 bridgehead atoms. The molecule has 2 aromatic rings. The number of halogens is 1. The lowest BCUT2D eigenvalue weighted by Crippen LogP contribution is -2.10. The molecule has 0 radical (unpaired) electrons. The van der Waals surface area contributed by atoms with E-state index in [1.807, 2.05) is 6.07 Å². The van der Waals surface area contributed by atoms with Gasteiger partial charge in [-0.1, -0.05) is 6.07 Å². The normalized spacial score (nSPS) is 13.2. The number of benzene rings is 1. The van der Waals surface area contributed by atoms with E-state index in [1.54, 1.807) is 6.20 Å². The van der Waals surface area contributed by atoms with Crippen LogP contribution < -0.4 is 16.0 Å². The summed E-state index contributed by atoms with van der Waals surface area (Å²) in [5, 5.41) is 0. The SMILES string of the molecule is NNc1ncc(Br)c(Oc2ccc3c(c2)CCC3)n1. The van der Waals surface area contributed by atoms with Gasteiger partial charge >= 0.3 is 0 Å². The first-order chi connectivity index (χ1) is 9.26. The molecule has 3 rings (SSSR count). The summed E-state index contributed by atoms with van der Waals surface area (Å²) in [6.07, 6.45) is 5.10. The second kappa shape index (κ2) is 5.14. The topological polar surface area (TPSA) is 73.1 Å². The second-order valence-corrected chi connectivity index (χ2v) is 5.23. The summed E-state index contributed by atoms with van der Waals surface area (Å²) < 4.78 is 6.47. The number of fused-ring (bicyclic) bond motifs is 1. The zero-order valence-electron chi connectivity index (χ0n) is 10.2. The summed E-state index contributed by atoms with van der Waals surface area (Å²) >= 11 is 3.36. The van der Waals surface area contributed by atoms with Crippen molar-refractivity contribution >= 4 is 21.9 Å². The van der Waals surface area contributed by atoms with Crippen LogP contribution >= 0.6 is 15.9 Å². The van der Waals surface area contributed by atoms with Crippen LogP contribution in [0.5, 0.6) is 11.6 Å². The molecule has 1 aliphatic rings. The average molecular weight is 321 g/mol. The highest BCUT2D eigenvalue weighted by Crippen LogP contribution is 2.31. The van der Waals surface area contributed by atoms with Crippen LogP contribution in [0.2, 0.25) is 0 Å². The Morgan fingerprint density at radius 1 is 1.26 bits per heavy atom. The van der Waals surface area contributed by atoms with E-state index in [1.165, 1.54) is 17.5 Å². The van der Waals surface area contributed by atoms with E-state index in [9.17, 15) is 0 Å². The summed E-state index contributed by atoms with van der Waals surface area (Å²) in [5.41, 5.74) is 5.18. The molecule has 1 heterocycles. The minimum atomic E-state index is 0.319. The standard InChI is InChI=1S/C13H13BrN4O/c14-11-7-16-13(18-15)17-12(11)19-10-5-4-8-2-1-3-9(8)6-10/h4-7H,1-3,15H2,(H,16,17,18). The number of nitrogens with zero attached hydrogens (tertiary/aromatic N) is 2. The second-order valence-electron chi connectivity index (χ2n) is 4.38. The molecule has 0 saturated heterocycles. The molecule has 0 amide bonds. The molecule has 3 N–H and O–H groups in total. The molecule has 0 aliphatic heterocycles. The summed E-state index contributed by atoms with van der Waals surface area (Å²) in [6, 6.07) is 6.16. The molecule has 0 fully saturated rings. The van der Waals surface area contributed by atoms with E-state index < -0.39 is 0 Å². The van der Waals surface area contributed by atoms with Gasteiger partial charge in [-0.25, -0.2) is 10.8 Å². The minimum absolute atomic E-state index is 0.319. The van der Waals surface area contributed by atoms with Crippen LogP contribution in [-0.4, -0.2) is 9.97 Å². The quantitative estimate of drug-likeness (QED) is 0.672. The Bertz CT molecular complexity index is 618. The van der Waals surface area contributed by atoms with E-state index in [0.29, 0.717) is 16.3 Å². The van der Waals surface area contributed by atoms with Crippen LogP contribution in [0.15, 0.2) is 28.9 Å². The Morgan fingerprint density at radius 2 is 2.11 bits per heavy atom. The molecular formula is C13H13BrN4O. The van der Waals surface area contributed by atoms with Crippen molar-refractivity contribution < 1.29 is 4.74 Å². The van der Waals surface area contributed by atoms with Gasteiger partial charge in [0.1, 0.15) is 5.75 Å². The molecule has 0 unspecified atom stereocenters. The Morgan fingerprint density at radius 3 is 2.95 bits per heavy atom. The Hall–Kier alpha value is -1.66. The van der Waals surface area contributed by atoms with Gasteiger partial charge in [0.15, 0.2) is 0 Å². The third-order valence-corrected chi connectivity index (χ3v) is 3.67. The van der Waals surface area contributed by atoms with E-state index in [2.05, 4.69) is 43.5 Å². The average Bonchev–Trinajstić information content (AvgIpc) is 2.89. The zero-order chi connectivity index (χ0) is 13.2. The van der Waals surface area contributed by atoms with E-state index >= 15 is 0 Å². The van der Waals surface area contributed by atoms with Gasteiger partial charge in [-0.05, 0) is 58.5 Å². The van der Waals surface area contributed by atoms with Crippen molar-refractivity contribution in [1.29, 1.82) is 0 Å². The fourth-order valence-corrected chi connectivity index (χ4v) is 2.49. The highest BCUT2D eigenvalue weighted by atomic mass is 79.9. The molecule has 0 saturated carbocycles. The number of ether oxygens (including phenoxy) is 1. The number of hydrogen-bond acceptors (Lipinski definition) is 5. The first-order valence-electron chi connectivity index (χ1n) is 6.05. The third kappa shape index (κ3) is 2.54. The van der Waals surface area contributed by atoms with E-state index in [4.69, 9.17) is 10.6 Å². The maximum atomic E-state index is 5.78. The Balaban J connectivity index is 1.88. The largest absolute Gasteiger partial charge is 0.438 e. The molecule has 19 heavy (non-hydrogen) atoms. The van der Waals surface area contributed by atoms with Crippen molar-refractivity contribution in [2.75, 3.05) is 5.43 Å². The first kappa shape index (κ1) is 12.4. The van der Waals surface area contributed by atoms with Crippen LogP contribution in [0.1, 0.15) is 17.5 Å². The first-order valence-corrected chi connectivity index (χ1v) is 6.84. The highest BCUT2D eigenvalue weighted by Gasteiger charge is 2.13. The van der Waals surface area contributed by atoms with Crippen LogP contribution in [-0.2, 0) is 12.8 Å². The van der Waals surface area contributed by atoms with Gasteiger partial charge in [0.2, 0.25) is 11.8 Å². The minimum Gasteiger partial charge on any atom is -0.438 e. The number of nitrogens with two attached hydrogens (primary N) is 1. The maximum Gasteiger partial charge on any atom is 0.240 e. The molecule has 6 heteroatoms. The third-order valence-electron chi connectivity index (χ3n) is 3.13. The monoisotopic (exact) mass is 320 g/mol. The number of aryl methyl sites for hydroxylation is 2. The van der Waals surface area contributed by atoms with Gasteiger partial charge in [-0.2, -0.15) is 4.98 Å². The number of rotatable bonds is 3. The van der Waals surface area contributed by atoms with E-state index in [0.717, 1.165) is 18.6 Å². The highest BCUT2D eigenvalue weighted by molar-refractivity contribution is 9.10. The molecule has 1 aromatic carbocycles. The van der Waals surface area contributed by atoms with Crippen molar-refractivity contribution in [2.24, 2.45) is 5.84 Å². The van der Waals surface area contributed by atoms with Gasteiger partial charge in [-0.15, -0.1) is 0 Å². The summed E-state index contributed by atoms with van der Waals surface area (Å²) in [4.78, 5) is 8.15. The molecule has 5 nitrogen and oxygen atoms in total. The molecule has 1 aromatic heterocycles. The lowest BCUT2D eigenvalue weighted by molar-refractivity contribution is 0.458. The fourth-order valence-electron chi connectivity index (χ4n) is 2.22. The Labute approximate surface area is 119 Å². The fraction of sp³-hybridized carbons (Fsp3) is 0.231. The molecule has 98 valence electrons. The lowest BCUT2D eigenvalue weighted by atomic mass is 10.1. The van der Waals surface area contributed by atoms with Crippen molar-refractivity contribution in [2.45, 2.75) is 19.3 Å². The molecular weight excluding hydrogens is 308 g/mol. The molecule has 0 atom stereocenters. The van der Waals surface area contributed by atoms with Crippen LogP contribution in [0.3, 0.4) is 0 Å². The predicted octanol–water partition coefficient (Wildman–Crippen LogP) is 2.81. The van der Waals surface area contributed by atoms with Crippen molar-refractivity contribution in [1.82, 2.24) is 9.97 Å². The van der Waals surface area contributed by atoms with Crippen LogP contribution in [0.4, 0.5) is 5.95 Å². The summed E-state index contributed by atoms with van der Waals surface area (Å²) in [6.45, 7) is 0. The number of nitrogen functional groups attached to an aromatic ring is 1. The smallest absolute Gasteiger partial charge is 0.240 e. The van der Waals surface area contributed by atoms with Crippen LogP contribution in [0, 0.1) is 0 Å². The van der Waals surface area contributed by atoms with Gasteiger partial charge in [-0.3, -0.25) is 5.43 Å².